The highest BCUT2D eigenvalue weighted by Crippen LogP contribution is 2.18. The van der Waals surface area contributed by atoms with Crippen molar-refractivity contribution >= 4 is 38.6 Å². The number of nitrogens with one attached hydrogen (secondary N) is 1. The molecule has 3 N–H and O–H groups in total. The molecule has 1 unspecified atom stereocenters. The molecule has 98 valence electrons. The molecule has 0 radical (unpaired) electrons. The van der Waals surface area contributed by atoms with Crippen LogP contribution in [0.4, 0.5) is 0 Å². The van der Waals surface area contributed by atoms with Crippen LogP contribution >= 0.6 is 15.9 Å². The van der Waals surface area contributed by atoms with Gasteiger partial charge in [0.15, 0.2) is 0 Å². The highest BCUT2D eigenvalue weighted by molar-refractivity contribution is 9.10. The summed E-state index contributed by atoms with van der Waals surface area (Å²) in [6, 6.07) is 8.26. The van der Waals surface area contributed by atoms with Gasteiger partial charge in [0, 0.05) is 9.86 Å². The van der Waals surface area contributed by atoms with Crippen LogP contribution in [0.25, 0.3) is 10.9 Å². The first-order chi connectivity index (χ1) is 8.97. The molecule has 0 saturated heterocycles. The summed E-state index contributed by atoms with van der Waals surface area (Å²) in [5, 5.41) is 3.41. The summed E-state index contributed by atoms with van der Waals surface area (Å²) in [6.07, 6.45) is 0. The van der Waals surface area contributed by atoms with Crippen molar-refractivity contribution in [3.05, 3.63) is 40.5 Å². The predicted molar refractivity (Wildman–Crippen MR) is 75.6 cm³/mol. The molecule has 0 aliphatic heterocycles. The first kappa shape index (κ1) is 13.5. The highest BCUT2D eigenvalue weighted by Gasteiger charge is 2.14. The number of nitrogens with two attached hydrogens (primary N) is 1. The third-order valence-electron chi connectivity index (χ3n) is 2.66. The summed E-state index contributed by atoms with van der Waals surface area (Å²) < 4.78 is 0.946. The molecule has 1 aromatic carbocycles. The first-order valence-electron chi connectivity index (χ1n) is 5.64. The van der Waals surface area contributed by atoms with E-state index in [1.54, 1.807) is 12.1 Å². The Hall–Kier alpha value is -1.95. The molecule has 2 rings (SSSR count). The number of nitrogens with zero attached hydrogens (tertiary/aromatic N) is 1. The molecule has 1 aromatic heterocycles. The second-order valence-electron chi connectivity index (χ2n) is 4.13. The number of hydrogen-bond acceptors (Lipinski definition) is 3. The van der Waals surface area contributed by atoms with Crippen molar-refractivity contribution in [2.24, 2.45) is 5.73 Å². The molecule has 0 bridgehead atoms. The number of halogens is 1. The zero-order chi connectivity index (χ0) is 14.0. The average molecular weight is 322 g/mol. The zero-order valence-electron chi connectivity index (χ0n) is 10.2. The van der Waals surface area contributed by atoms with Gasteiger partial charge < -0.3 is 11.1 Å². The summed E-state index contributed by atoms with van der Waals surface area (Å²) >= 11 is 3.37. The smallest absolute Gasteiger partial charge is 0.270 e. The maximum Gasteiger partial charge on any atom is 0.270 e. The number of rotatable bonds is 3. The zero-order valence-corrected chi connectivity index (χ0v) is 11.8. The number of hydrogen-bond donors (Lipinski definition) is 2. The average Bonchev–Trinajstić information content (AvgIpc) is 2.37. The fourth-order valence-electron chi connectivity index (χ4n) is 1.56. The number of carbonyl (C=O) groups is 2. The van der Waals surface area contributed by atoms with E-state index < -0.39 is 17.9 Å². The fourth-order valence-corrected chi connectivity index (χ4v) is 1.94. The quantitative estimate of drug-likeness (QED) is 0.900. The number of benzene rings is 1. The number of primary amides is 1. The summed E-state index contributed by atoms with van der Waals surface area (Å²) in [5.41, 5.74) is 6.05. The molecule has 0 aliphatic rings. The molecule has 2 aromatic rings. The van der Waals surface area contributed by atoms with Crippen LogP contribution in [0, 0.1) is 0 Å². The van der Waals surface area contributed by atoms with E-state index in [2.05, 4.69) is 26.2 Å². The van der Waals surface area contributed by atoms with Crippen molar-refractivity contribution in [2.75, 3.05) is 0 Å². The van der Waals surface area contributed by atoms with Crippen LogP contribution in [0.3, 0.4) is 0 Å². The molecule has 1 heterocycles. The van der Waals surface area contributed by atoms with E-state index in [4.69, 9.17) is 5.73 Å². The summed E-state index contributed by atoms with van der Waals surface area (Å²) in [5.74, 6) is -1.01. The van der Waals surface area contributed by atoms with Crippen LogP contribution in [-0.4, -0.2) is 22.8 Å². The minimum Gasteiger partial charge on any atom is -0.368 e. The highest BCUT2D eigenvalue weighted by atomic mass is 79.9. The Bertz CT molecular complexity index is 657. The predicted octanol–water partition coefficient (Wildman–Crippen LogP) is 1.60. The van der Waals surface area contributed by atoms with E-state index in [0.717, 1.165) is 9.86 Å². The number of carbonyl (C=O) groups excluding carboxylic acids is 2. The first-order valence-corrected chi connectivity index (χ1v) is 6.43. The van der Waals surface area contributed by atoms with Crippen molar-refractivity contribution in [1.29, 1.82) is 0 Å². The van der Waals surface area contributed by atoms with Gasteiger partial charge in [-0.05, 0) is 31.2 Å². The third-order valence-corrected chi connectivity index (χ3v) is 3.15. The molecular weight excluding hydrogens is 310 g/mol. The molecule has 5 nitrogen and oxygen atoms in total. The van der Waals surface area contributed by atoms with E-state index >= 15 is 0 Å². The minimum atomic E-state index is -0.727. The Kier molecular flexibility index (Phi) is 3.80. The molecule has 0 fully saturated rings. The van der Waals surface area contributed by atoms with Gasteiger partial charge in [-0.1, -0.05) is 22.0 Å². The van der Waals surface area contributed by atoms with Crippen LogP contribution in [-0.2, 0) is 4.79 Å². The third kappa shape index (κ3) is 3.08. The van der Waals surface area contributed by atoms with E-state index in [-0.39, 0.29) is 5.69 Å². The second-order valence-corrected chi connectivity index (χ2v) is 5.05. The standard InChI is InChI=1S/C13H12BrN3O2/c1-7(12(15)18)16-13(19)11-4-2-8-6-9(14)3-5-10(8)17-11/h2-7H,1H3,(H2,15,18)(H,16,19). The molecule has 2 amide bonds. The van der Waals surface area contributed by atoms with Gasteiger partial charge in [-0.2, -0.15) is 0 Å². The Morgan fingerprint density at radius 2 is 2.05 bits per heavy atom. The van der Waals surface area contributed by atoms with E-state index in [0.29, 0.717) is 5.52 Å². The number of amides is 2. The molecule has 0 aliphatic carbocycles. The Morgan fingerprint density at radius 3 is 2.74 bits per heavy atom. The number of pyridine rings is 1. The van der Waals surface area contributed by atoms with Crippen molar-refractivity contribution in [2.45, 2.75) is 13.0 Å². The maximum atomic E-state index is 11.9. The number of aromatic nitrogens is 1. The van der Waals surface area contributed by atoms with Gasteiger partial charge in [-0.3, -0.25) is 9.59 Å². The summed E-state index contributed by atoms with van der Waals surface area (Å²) in [4.78, 5) is 27.0. The van der Waals surface area contributed by atoms with Crippen LogP contribution in [0.5, 0.6) is 0 Å². The maximum absolute atomic E-state index is 11.9. The SMILES string of the molecule is CC(NC(=O)c1ccc2cc(Br)ccc2n1)C(N)=O. The number of fused-ring (bicyclic) bond motifs is 1. The van der Waals surface area contributed by atoms with Crippen molar-refractivity contribution < 1.29 is 9.59 Å². The molecular formula is C13H12BrN3O2. The van der Waals surface area contributed by atoms with E-state index in [1.165, 1.54) is 6.92 Å². The molecule has 1 atom stereocenters. The molecule has 6 heteroatoms. The van der Waals surface area contributed by atoms with Crippen molar-refractivity contribution in [3.8, 4) is 0 Å². The lowest BCUT2D eigenvalue weighted by molar-refractivity contribution is -0.119. The van der Waals surface area contributed by atoms with E-state index in [9.17, 15) is 9.59 Å². The van der Waals surface area contributed by atoms with Gasteiger partial charge in [0.05, 0.1) is 5.52 Å². The largest absolute Gasteiger partial charge is 0.368 e. The van der Waals surface area contributed by atoms with E-state index in [1.807, 2.05) is 18.2 Å². The van der Waals surface area contributed by atoms with Crippen LogP contribution in [0.15, 0.2) is 34.8 Å². The van der Waals surface area contributed by atoms with Crippen molar-refractivity contribution in [3.63, 3.8) is 0 Å². The van der Waals surface area contributed by atoms with Gasteiger partial charge in [0.25, 0.3) is 5.91 Å². The molecule has 0 spiro atoms. The lowest BCUT2D eigenvalue weighted by Gasteiger charge is -2.09. The topological polar surface area (TPSA) is 85.1 Å². The second kappa shape index (κ2) is 5.36. The summed E-state index contributed by atoms with van der Waals surface area (Å²) in [7, 11) is 0. The van der Waals surface area contributed by atoms with Gasteiger partial charge in [0.2, 0.25) is 5.91 Å². The van der Waals surface area contributed by atoms with Crippen LogP contribution in [0.1, 0.15) is 17.4 Å². The van der Waals surface area contributed by atoms with Crippen LogP contribution in [0.2, 0.25) is 0 Å². The molecule has 0 saturated carbocycles. The van der Waals surface area contributed by atoms with Gasteiger partial charge in [0.1, 0.15) is 11.7 Å². The van der Waals surface area contributed by atoms with Gasteiger partial charge in [-0.25, -0.2) is 4.98 Å². The van der Waals surface area contributed by atoms with Gasteiger partial charge in [-0.15, -0.1) is 0 Å². The Morgan fingerprint density at radius 1 is 1.32 bits per heavy atom. The normalized spacial score (nSPS) is 12.1. The lowest BCUT2D eigenvalue weighted by Crippen LogP contribution is -2.42. The summed E-state index contributed by atoms with van der Waals surface area (Å²) in [6.45, 7) is 1.53. The molecule has 19 heavy (non-hydrogen) atoms. The lowest BCUT2D eigenvalue weighted by atomic mass is 10.2. The monoisotopic (exact) mass is 321 g/mol. The van der Waals surface area contributed by atoms with Crippen molar-refractivity contribution in [1.82, 2.24) is 10.3 Å². The Labute approximate surface area is 118 Å². The fraction of sp³-hybridized carbons (Fsp3) is 0.154. The van der Waals surface area contributed by atoms with Crippen LogP contribution < -0.4 is 11.1 Å². The minimum absolute atomic E-state index is 0.253. The van der Waals surface area contributed by atoms with Gasteiger partial charge >= 0.3 is 0 Å². The Balaban J connectivity index is 2.28.